The second-order valence-corrected chi connectivity index (χ2v) is 7.31. The molecule has 1 unspecified atom stereocenters. The molecule has 0 fully saturated rings. The topological polar surface area (TPSA) is 47.8 Å². The second-order valence-electron chi connectivity index (χ2n) is 6.10. The lowest BCUT2D eigenvalue weighted by Crippen LogP contribution is -2.27. The highest BCUT2D eigenvalue weighted by atomic mass is 32.1. The van der Waals surface area contributed by atoms with Crippen LogP contribution in [0.25, 0.3) is 21.5 Å². The van der Waals surface area contributed by atoms with Crippen LogP contribution in [0.15, 0.2) is 59.4 Å². The van der Waals surface area contributed by atoms with Crippen molar-refractivity contribution in [2.24, 2.45) is 0 Å². The first-order chi connectivity index (χ1) is 12.5. The minimum atomic E-state index is -0.309. The Hall–Kier alpha value is -2.86. The van der Waals surface area contributed by atoms with Gasteiger partial charge >= 0.3 is 0 Å². The van der Waals surface area contributed by atoms with E-state index in [1.54, 1.807) is 12.1 Å². The Morgan fingerprint density at radius 2 is 1.77 bits per heavy atom. The third kappa shape index (κ3) is 2.82. The van der Waals surface area contributed by atoms with E-state index in [1.165, 1.54) is 28.2 Å². The number of rotatable bonds is 3. The average molecular weight is 365 g/mol. The van der Waals surface area contributed by atoms with Gasteiger partial charge in [-0.2, -0.15) is 5.10 Å². The largest absolute Gasteiger partial charge is 0.294 e. The van der Waals surface area contributed by atoms with E-state index in [1.807, 2.05) is 44.2 Å². The maximum absolute atomic E-state index is 13.3. The summed E-state index contributed by atoms with van der Waals surface area (Å²) in [6.45, 7) is 3.80. The van der Waals surface area contributed by atoms with Crippen LogP contribution >= 0.6 is 11.3 Å². The van der Waals surface area contributed by atoms with Crippen LogP contribution in [0.4, 0.5) is 4.39 Å². The summed E-state index contributed by atoms with van der Waals surface area (Å²) in [5, 5.41) is 5.44. The van der Waals surface area contributed by atoms with E-state index < -0.39 is 0 Å². The van der Waals surface area contributed by atoms with Crippen molar-refractivity contribution >= 4 is 21.6 Å². The molecule has 0 aliphatic carbocycles. The zero-order chi connectivity index (χ0) is 18.3. The summed E-state index contributed by atoms with van der Waals surface area (Å²) in [5.74, 6) is -0.309. The SMILES string of the molecule is Cc1nc2c(=O)n(C(C)c3ccccc3)nc(-c3ccc(F)cc3)c2s1. The van der Waals surface area contributed by atoms with Crippen molar-refractivity contribution in [3.63, 3.8) is 0 Å². The molecule has 0 aliphatic heterocycles. The van der Waals surface area contributed by atoms with Crippen LogP contribution in [-0.2, 0) is 0 Å². The molecule has 4 aromatic rings. The number of benzene rings is 2. The van der Waals surface area contributed by atoms with Gasteiger partial charge in [-0.15, -0.1) is 11.3 Å². The molecule has 6 heteroatoms. The van der Waals surface area contributed by atoms with E-state index in [9.17, 15) is 9.18 Å². The molecule has 0 saturated carbocycles. The predicted molar refractivity (Wildman–Crippen MR) is 102 cm³/mol. The highest BCUT2D eigenvalue weighted by molar-refractivity contribution is 7.19. The van der Waals surface area contributed by atoms with E-state index in [2.05, 4.69) is 10.1 Å². The van der Waals surface area contributed by atoms with Crippen LogP contribution < -0.4 is 5.56 Å². The van der Waals surface area contributed by atoms with Gasteiger partial charge in [-0.3, -0.25) is 4.79 Å². The number of aryl methyl sites for hydroxylation is 1. The van der Waals surface area contributed by atoms with Gasteiger partial charge in [-0.25, -0.2) is 14.1 Å². The van der Waals surface area contributed by atoms with Crippen LogP contribution in [0.1, 0.15) is 23.5 Å². The molecule has 0 N–H and O–H groups in total. The summed E-state index contributed by atoms with van der Waals surface area (Å²) < 4.78 is 15.5. The van der Waals surface area contributed by atoms with Crippen LogP contribution in [0.5, 0.6) is 0 Å². The zero-order valence-corrected chi connectivity index (χ0v) is 15.1. The van der Waals surface area contributed by atoms with Gasteiger partial charge in [-0.05, 0) is 43.7 Å². The second kappa shape index (κ2) is 6.46. The predicted octanol–water partition coefficient (Wildman–Crippen LogP) is 4.58. The molecular formula is C20H16FN3OS. The first kappa shape index (κ1) is 16.6. The smallest absolute Gasteiger partial charge is 0.265 e. The third-order valence-corrected chi connectivity index (χ3v) is 5.31. The fourth-order valence-electron chi connectivity index (χ4n) is 2.97. The molecule has 0 saturated heterocycles. The van der Waals surface area contributed by atoms with Gasteiger partial charge in [0.2, 0.25) is 0 Å². The summed E-state index contributed by atoms with van der Waals surface area (Å²) in [6.07, 6.45) is 0. The number of aromatic nitrogens is 3. The summed E-state index contributed by atoms with van der Waals surface area (Å²) in [4.78, 5) is 17.4. The van der Waals surface area contributed by atoms with Crippen LogP contribution in [0.2, 0.25) is 0 Å². The lowest BCUT2D eigenvalue weighted by molar-refractivity contribution is 0.539. The molecule has 0 amide bonds. The van der Waals surface area contributed by atoms with Gasteiger partial charge in [0.05, 0.1) is 15.7 Å². The normalized spacial score (nSPS) is 12.4. The molecular weight excluding hydrogens is 349 g/mol. The van der Waals surface area contributed by atoms with E-state index in [-0.39, 0.29) is 17.4 Å². The van der Waals surface area contributed by atoms with Crippen molar-refractivity contribution < 1.29 is 4.39 Å². The highest BCUT2D eigenvalue weighted by Gasteiger charge is 2.19. The third-order valence-electron chi connectivity index (χ3n) is 4.33. The van der Waals surface area contributed by atoms with Crippen molar-refractivity contribution in [2.75, 3.05) is 0 Å². The quantitative estimate of drug-likeness (QED) is 0.534. The van der Waals surface area contributed by atoms with Crippen molar-refractivity contribution in [2.45, 2.75) is 19.9 Å². The Morgan fingerprint density at radius 1 is 1.08 bits per heavy atom. The maximum Gasteiger partial charge on any atom is 0.294 e. The van der Waals surface area contributed by atoms with Crippen LogP contribution in [0, 0.1) is 12.7 Å². The fourth-order valence-corrected chi connectivity index (χ4v) is 3.89. The Balaban J connectivity index is 1.98. The molecule has 2 aromatic heterocycles. The van der Waals surface area contributed by atoms with Gasteiger partial charge in [0, 0.05) is 5.56 Å². The lowest BCUT2D eigenvalue weighted by Gasteiger charge is -2.16. The number of nitrogens with zero attached hydrogens (tertiary/aromatic N) is 3. The summed E-state index contributed by atoms with van der Waals surface area (Å²) in [6, 6.07) is 15.6. The number of hydrogen-bond donors (Lipinski definition) is 0. The summed E-state index contributed by atoms with van der Waals surface area (Å²) >= 11 is 1.43. The number of fused-ring (bicyclic) bond motifs is 1. The maximum atomic E-state index is 13.3. The minimum Gasteiger partial charge on any atom is -0.265 e. The van der Waals surface area contributed by atoms with Crippen LogP contribution in [0.3, 0.4) is 0 Å². The molecule has 130 valence electrons. The zero-order valence-electron chi connectivity index (χ0n) is 14.3. The molecule has 1 atom stereocenters. The fraction of sp³-hybridized carbons (Fsp3) is 0.150. The van der Waals surface area contributed by atoms with Crippen molar-refractivity contribution in [3.05, 3.63) is 81.3 Å². The molecule has 2 heterocycles. The van der Waals surface area contributed by atoms with Crippen molar-refractivity contribution in [3.8, 4) is 11.3 Å². The first-order valence-corrected chi connectivity index (χ1v) is 9.07. The van der Waals surface area contributed by atoms with E-state index in [0.717, 1.165) is 20.8 Å². The number of hydrogen-bond acceptors (Lipinski definition) is 4. The summed E-state index contributed by atoms with van der Waals surface area (Å²) in [7, 11) is 0. The molecule has 4 rings (SSSR count). The molecule has 0 bridgehead atoms. The van der Waals surface area contributed by atoms with Gasteiger partial charge in [0.15, 0.2) is 5.52 Å². The van der Waals surface area contributed by atoms with Gasteiger partial charge in [0.1, 0.15) is 11.5 Å². The van der Waals surface area contributed by atoms with Crippen molar-refractivity contribution in [1.29, 1.82) is 0 Å². The number of thiazole rings is 1. The Labute approximate surface area is 153 Å². The van der Waals surface area contributed by atoms with Gasteiger partial charge in [-0.1, -0.05) is 30.3 Å². The Morgan fingerprint density at radius 3 is 2.46 bits per heavy atom. The summed E-state index contributed by atoms with van der Waals surface area (Å²) in [5.41, 5.74) is 2.58. The van der Waals surface area contributed by atoms with E-state index in [0.29, 0.717) is 11.2 Å². The highest BCUT2D eigenvalue weighted by Crippen LogP contribution is 2.30. The van der Waals surface area contributed by atoms with Gasteiger partial charge < -0.3 is 0 Å². The first-order valence-electron chi connectivity index (χ1n) is 8.25. The van der Waals surface area contributed by atoms with E-state index in [4.69, 9.17) is 0 Å². The molecule has 4 nitrogen and oxygen atoms in total. The minimum absolute atomic E-state index is 0.216. The molecule has 2 aromatic carbocycles. The standard InChI is InChI=1S/C20H16FN3OS/c1-12(14-6-4-3-5-7-14)24-20(25)18-19(26-13(2)22-18)17(23-24)15-8-10-16(21)11-9-15/h3-12H,1-2H3. The van der Waals surface area contributed by atoms with Crippen LogP contribution in [-0.4, -0.2) is 14.8 Å². The molecule has 26 heavy (non-hydrogen) atoms. The lowest BCUT2D eigenvalue weighted by atomic mass is 10.1. The molecule has 0 radical (unpaired) electrons. The molecule has 0 spiro atoms. The van der Waals surface area contributed by atoms with Crippen molar-refractivity contribution in [1.82, 2.24) is 14.8 Å². The number of halogens is 1. The Bertz CT molecular complexity index is 1130. The van der Waals surface area contributed by atoms with Gasteiger partial charge in [0.25, 0.3) is 5.56 Å². The molecule has 0 aliphatic rings. The monoisotopic (exact) mass is 365 g/mol. The van der Waals surface area contributed by atoms with E-state index >= 15 is 0 Å². The average Bonchev–Trinajstić information content (AvgIpc) is 3.05. The Kier molecular flexibility index (Phi) is 4.12.